The topological polar surface area (TPSA) is 84.7 Å². The molecule has 1 aliphatic rings. The van der Waals surface area contributed by atoms with Gasteiger partial charge in [0.1, 0.15) is 0 Å². The number of amides is 2. The smallest absolute Gasteiger partial charge is 0.261 e. The number of thiophene rings is 1. The Morgan fingerprint density at radius 1 is 1.38 bits per heavy atom. The summed E-state index contributed by atoms with van der Waals surface area (Å²) in [5.74, 6) is -0.0169. The zero-order valence-electron chi connectivity index (χ0n) is 13.7. The van der Waals surface area contributed by atoms with E-state index < -0.39 is 0 Å². The van der Waals surface area contributed by atoms with E-state index in [1.54, 1.807) is 6.07 Å². The number of nitrogens with two attached hydrogens (primary N) is 1. The first-order chi connectivity index (χ1) is 11.2. The number of piperidine rings is 1. The molecule has 2 rings (SSSR count). The Hall–Kier alpha value is -1.15. The molecule has 3 N–H and O–H groups in total. The summed E-state index contributed by atoms with van der Waals surface area (Å²) in [7, 11) is 0. The second kappa shape index (κ2) is 11.4. The monoisotopic (exact) mass is 375 g/mol. The molecule has 6 nitrogen and oxygen atoms in total. The van der Waals surface area contributed by atoms with E-state index in [9.17, 15) is 9.59 Å². The minimum absolute atomic E-state index is 0. The minimum Gasteiger partial charge on any atom is -0.378 e. The van der Waals surface area contributed by atoms with Crippen molar-refractivity contribution in [2.24, 2.45) is 5.73 Å². The van der Waals surface area contributed by atoms with Crippen LogP contribution in [0.3, 0.4) is 0 Å². The molecule has 0 unspecified atom stereocenters. The zero-order chi connectivity index (χ0) is 16.5. The molecule has 136 valence electrons. The third-order valence-corrected chi connectivity index (χ3v) is 4.73. The van der Waals surface area contributed by atoms with Gasteiger partial charge in [0.05, 0.1) is 11.0 Å². The summed E-state index contributed by atoms with van der Waals surface area (Å²) in [6.07, 6.45) is 3.21. The van der Waals surface area contributed by atoms with Crippen LogP contribution in [0.1, 0.15) is 35.4 Å². The average molecular weight is 376 g/mol. The Labute approximate surface area is 153 Å². The molecule has 1 fully saturated rings. The fraction of sp³-hybridized carbons (Fsp3) is 0.625. The van der Waals surface area contributed by atoms with Crippen LogP contribution >= 0.6 is 23.7 Å². The van der Waals surface area contributed by atoms with Crippen molar-refractivity contribution in [3.05, 3.63) is 22.4 Å². The van der Waals surface area contributed by atoms with Crippen LogP contribution in [0.15, 0.2) is 17.5 Å². The molecule has 1 aromatic heterocycles. The summed E-state index contributed by atoms with van der Waals surface area (Å²) in [5, 5.41) is 4.65. The molecule has 1 saturated heterocycles. The zero-order valence-corrected chi connectivity index (χ0v) is 15.4. The third kappa shape index (κ3) is 6.76. The van der Waals surface area contributed by atoms with E-state index in [1.807, 2.05) is 16.3 Å². The van der Waals surface area contributed by atoms with Crippen molar-refractivity contribution >= 4 is 35.6 Å². The Bertz CT molecular complexity index is 491. The molecular formula is C16H26ClN3O3S. The summed E-state index contributed by atoms with van der Waals surface area (Å²) in [4.78, 5) is 26.5. The quantitative estimate of drug-likeness (QED) is 0.676. The normalized spacial score (nSPS) is 15.0. The Balaban J connectivity index is 0.00000288. The van der Waals surface area contributed by atoms with E-state index >= 15 is 0 Å². The van der Waals surface area contributed by atoms with Gasteiger partial charge in [-0.3, -0.25) is 9.59 Å². The van der Waals surface area contributed by atoms with Crippen molar-refractivity contribution in [3.63, 3.8) is 0 Å². The molecule has 1 aliphatic heterocycles. The molecule has 1 aromatic rings. The molecule has 8 heteroatoms. The summed E-state index contributed by atoms with van der Waals surface area (Å²) in [6.45, 7) is 3.18. The van der Waals surface area contributed by atoms with Gasteiger partial charge < -0.3 is 20.7 Å². The average Bonchev–Trinajstić information content (AvgIpc) is 3.10. The maximum absolute atomic E-state index is 12.2. The number of rotatable bonds is 8. The van der Waals surface area contributed by atoms with Crippen molar-refractivity contribution in [1.82, 2.24) is 10.2 Å². The highest BCUT2D eigenvalue weighted by molar-refractivity contribution is 7.12. The van der Waals surface area contributed by atoms with Crippen molar-refractivity contribution in [1.29, 1.82) is 0 Å². The predicted molar refractivity (Wildman–Crippen MR) is 97.7 cm³/mol. The van der Waals surface area contributed by atoms with E-state index in [1.165, 1.54) is 11.3 Å². The van der Waals surface area contributed by atoms with Crippen molar-refractivity contribution in [3.8, 4) is 0 Å². The lowest BCUT2D eigenvalue weighted by atomic mass is 10.1. The van der Waals surface area contributed by atoms with Gasteiger partial charge in [0.2, 0.25) is 5.91 Å². The van der Waals surface area contributed by atoms with Gasteiger partial charge in [-0.05, 0) is 37.3 Å². The third-order valence-electron chi connectivity index (χ3n) is 3.87. The van der Waals surface area contributed by atoms with Crippen LogP contribution in [-0.4, -0.2) is 55.6 Å². The predicted octanol–water partition coefficient (Wildman–Crippen LogP) is 1.65. The number of hydrogen-bond acceptors (Lipinski definition) is 5. The number of likely N-dealkylation sites (tertiary alicyclic amines) is 1. The van der Waals surface area contributed by atoms with Gasteiger partial charge in [0.25, 0.3) is 5.91 Å². The van der Waals surface area contributed by atoms with Crippen LogP contribution in [0, 0.1) is 0 Å². The molecule has 2 amide bonds. The van der Waals surface area contributed by atoms with Gasteiger partial charge in [-0.2, -0.15) is 0 Å². The molecule has 0 radical (unpaired) electrons. The number of carbonyl (C=O) groups is 2. The van der Waals surface area contributed by atoms with Gasteiger partial charge in [-0.25, -0.2) is 0 Å². The van der Waals surface area contributed by atoms with Crippen molar-refractivity contribution in [2.45, 2.75) is 31.8 Å². The van der Waals surface area contributed by atoms with Crippen LogP contribution < -0.4 is 11.1 Å². The molecule has 0 atom stereocenters. The highest BCUT2D eigenvalue weighted by Crippen LogP contribution is 2.14. The largest absolute Gasteiger partial charge is 0.378 e. The Kier molecular flexibility index (Phi) is 9.94. The fourth-order valence-corrected chi connectivity index (χ4v) is 3.18. The van der Waals surface area contributed by atoms with Crippen LogP contribution in [0.2, 0.25) is 0 Å². The summed E-state index contributed by atoms with van der Waals surface area (Å²) >= 11 is 1.40. The number of ether oxygens (including phenoxy) is 1. The number of nitrogens with one attached hydrogen (secondary N) is 1. The molecule has 2 heterocycles. The SMILES string of the molecule is Cl.NCCCOC1CCN(C(=O)CCNC(=O)c2cccs2)CC1. The fourth-order valence-electron chi connectivity index (χ4n) is 2.54. The van der Waals surface area contributed by atoms with Crippen molar-refractivity contribution < 1.29 is 14.3 Å². The first-order valence-electron chi connectivity index (χ1n) is 8.12. The second-order valence-electron chi connectivity index (χ2n) is 5.58. The van der Waals surface area contributed by atoms with Gasteiger partial charge in [-0.1, -0.05) is 6.07 Å². The lowest BCUT2D eigenvalue weighted by Crippen LogP contribution is -2.42. The molecular weight excluding hydrogens is 350 g/mol. The maximum Gasteiger partial charge on any atom is 0.261 e. The molecule has 0 aromatic carbocycles. The van der Waals surface area contributed by atoms with Crippen LogP contribution in [0.5, 0.6) is 0 Å². The lowest BCUT2D eigenvalue weighted by molar-refractivity contribution is -0.133. The molecule has 0 bridgehead atoms. The number of nitrogens with zero attached hydrogens (tertiary/aromatic N) is 1. The maximum atomic E-state index is 12.2. The lowest BCUT2D eigenvalue weighted by Gasteiger charge is -2.32. The highest BCUT2D eigenvalue weighted by Gasteiger charge is 2.22. The minimum atomic E-state index is -0.111. The van der Waals surface area contributed by atoms with Crippen LogP contribution in [-0.2, 0) is 9.53 Å². The van der Waals surface area contributed by atoms with Gasteiger partial charge in [0.15, 0.2) is 0 Å². The standard InChI is InChI=1S/C16H25N3O3S.ClH/c17-7-2-11-22-13-5-9-19(10-6-13)15(20)4-8-18-16(21)14-3-1-12-23-14;/h1,3,12-13H,2,4-11,17H2,(H,18,21);1H. The highest BCUT2D eigenvalue weighted by atomic mass is 35.5. The number of hydrogen-bond donors (Lipinski definition) is 2. The van der Waals surface area contributed by atoms with E-state index in [0.29, 0.717) is 31.0 Å². The van der Waals surface area contributed by atoms with E-state index in [-0.39, 0.29) is 30.3 Å². The van der Waals surface area contributed by atoms with Gasteiger partial charge in [0, 0.05) is 32.7 Å². The number of carbonyl (C=O) groups excluding carboxylic acids is 2. The van der Waals surface area contributed by atoms with Gasteiger partial charge >= 0.3 is 0 Å². The van der Waals surface area contributed by atoms with Crippen LogP contribution in [0.25, 0.3) is 0 Å². The molecule has 24 heavy (non-hydrogen) atoms. The van der Waals surface area contributed by atoms with Crippen molar-refractivity contribution in [2.75, 3.05) is 32.8 Å². The van der Waals surface area contributed by atoms with Gasteiger partial charge in [-0.15, -0.1) is 23.7 Å². The summed E-state index contributed by atoms with van der Waals surface area (Å²) < 4.78 is 5.73. The van der Waals surface area contributed by atoms with Crippen LogP contribution in [0.4, 0.5) is 0 Å². The van der Waals surface area contributed by atoms with E-state index in [4.69, 9.17) is 10.5 Å². The summed E-state index contributed by atoms with van der Waals surface area (Å²) in [5.41, 5.74) is 5.44. The first-order valence-corrected chi connectivity index (χ1v) is 9.00. The second-order valence-corrected chi connectivity index (χ2v) is 6.52. The summed E-state index contributed by atoms with van der Waals surface area (Å²) in [6, 6.07) is 3.61. The molecule has 0 aliphatic carbocycles. The van der Waals surface area contributed by atoms with E-state index in [0.717, 1.165) is 32.4 Å². The Morgan fingerprint density at radius 2 is 2.12 bits per heavy atom. The van der Waals surface area contributed by atoms with E-state index in [2.05, 4.69) is 5.32 Å². The Morgan fingerprint density at radius 3 is 2.75 bits per heavy atom. The molecule has 0 saturated carbocycles. The first kappa shape index (κ1) is 20.9. The molecule has 0 spiro atoms. The number of halogens is 1.